The van der Waals surface area contributed by atoms with E-state index in [2.05, 4.69) is 44.2 Å². The number of rotatable bonds is 2. The number of piperazine rings is 1. The number of nitrogens with one attached hydrogen (secondary N) is 1. The van der Waals surface area contributed by atoms with E-state index in [4.69, 9.17) is 4.74 Å². The minimum absolute atomic E-state index is 0.159. The van der Waals surface area contributed by atoms with Gasteiger partial charge < -0.3 is 24.5 Å². The lowest BCUT2D eigenvalue weighted by atomic mass is 10.00. The van der Waals surface area contributed by atoms with Crippen LogP contribution in [0.5, 0.6) is 0 Å². The number of likely N-dealkylation sites (N-methyl/N-ethyl adjacent to an activating group) is 1. The van der Waals surface area contributed by atoms with Crippen LogP contribution in [0, 0.1) is 5.82 Å². The van der Waals surface area contributed by atoms with Gasteiger partial charge in [-0.25, -0.2) is 4.39 Å². The molecule has 0 saturated carbocycles. The Kier molecular flexibility index (Phi) is 6.99. The number of H-pyrrole nitrogens is 1. The number of aromatic amines is 1. The molecule has 2 N–H and O–H groups in total. The lowest BCUT2D eigenvalue weighted by Crippen LogP contribution is -2.45. The summed E-state index contributed by atoms with van der Waals surface area (Å²) in [5.74, 6) is -0.754. The maximum atomic E-state index is 15.1. The van der Waals surface area contributed by atoms with Crippen molar-refractivity contribution in [1.29, 1.82) is 0 Å². The molecule has 2 aromatic heterocycles. The van der Waals surface area contributed by atoms with E-state index >= 15 is 4.39 Å². The topological polar surface area (TPSA) is 97.8 Å². The van der Waals surface area contributed by atoms with Gasteiger partial charge in [-0.15, -0.1) is 0 Å². The van der Waals surface area contributed by atoms with Crippen LogP contribution >= 0.6 is 0 Å². The molecule has 0 radical (unpaired) electrons. The number of hydrogen-bond acceptors (Lipinski definition) is 7. The predicted molar refractivity (Wildman–Crippen MR) is 147 cm³/mol. The first-order chi connectivity index (χ1) is 19.0. The number of aromatic nitrogens is 3. The van der Waals surface area contributed by atoms with Crippen LogP contribution in [-0.4, -0.2) is 89.0 Å². The van der Waals surface area contributed by atoms with Crippen LogP contribution in [0.4, 0.5) is 10.1 Å². The number of anilines is 1. The Morgan fingerprint density at radius 3 is 2.77 bits per heavy atom. The second-order valence-electron chi connectivity index (χ2n) is 10.1. The van der Waals surface area contributed by atoms with Gasteiger partial charge in [0.05, 0.1) is 30.6 Å². The molecule has 10 heteroatoms. The van der Waals surface area contributed by atoms with Gasteiger partial charge >= 0.3 is 0 Å². The fourth-order valence-electron chi connectivity index (χ4n) is 5.42. The molecular weight excluding hydrogens is 499 g/mol. The summed E-state index contributed by atoms with van der Waals surface area (Å²) in [6.45, 7) is 4.07. The largest absolute Gasteiger partial charge is 0.387 e. The van der Waals surface area contributed by atoms with Crippen molar-refractivity contribution in [2.75, 3.05) is 57.9 Å². The van der Waals surface area contributed by atoms with Gasteiger partial charge in [0, 0.05) is 61.5 Å². The standard InChI is InChI=1S/C29H31FN6O3/c1-34-7-9-35(10-8-34)26-6-5-19-13-21(26)16-36(27(38)17-37)11-12-39-18-20-3-2-4-23(30)28(20)24-14-22-25(15-31-24)32-33-29(19)22/h2-6,13-15,37H,7-12,16-18H2,1H3,(H,32,33). The zero-order valence-corrected chi connectivity index (χ0v) is 21.9. The number of aliphatic hydroxyl groups is 1. The Labute approximate surface area is 225 Å². The maximum absolute atomic E-state index is 15.1. The first-order valence-electron chi connectivity index (χ1n) is 13.2. The van der Waals surface area contributed by atoms with Gasteiger partial charge in [0.1, 0.15) is 18.1 Å². The smallest absolute Gasteiger partial charge is 0.248 e. The first-order valence-corrected chi connectivity index (χ1v) is 13.2. The van der Waals surface area contributed by atoms with Crippen molar-refractivity contribution in [1.82, 2.24) is 25.0 Å². The lowest BCUT2D eigenvalue weighted by Gasteiger charge is -2.36. The number of pyridine rings is 1. The molecular formula is C29H31FN6O3. The Morgan fingerprint density at radius 2 is 1.95 bits per heavy atom. The summed E-state index contributed by atoms with van der Waals surface area (Å²) < 4.78 is 21.1. The summed E-state index contributed by atoms with van der Waals surface area (Å²) in [6, 6.07) is 13.0. The van der Waals surface area contributed by atoms with Gasteiger partial charge in [0.25, 0.3) is 0 Å². The van der Waals surface area contributed by atoms with Gasteiger partial charge in [-0.2, -0.15) is 5.10 Å². The highest BCUT2D eigenvalue weighted by atomic mass is 19.1. The van der Waals surface area contributed by atoms with Gasteiger partial charge in [-0.1, -0.05) is 18.2 Å². The van der Waals surface area contributed by atoms with E-state index in [1.54, 1.807) is 17.2 Å². The van der Waals surface area contributed by atoms with Crippen LogP contribution < -0.4 is 4.90 Å². The molecule has 2 aliphatic rings. The van der Waals surface area contributed by atoms with Crippen LogP contribution in [0.2, 0.25) is 0 Å². The molecule has 202 valence electrons. The average Bonchev–Trinajstić information content (AvgIpc) is 3.37. The molecule has 2 aromatic carbocycles. The molecule has 4 bridgehead atoms. The second kappa shape index (κ2) is 10.7. The number of aliphatic hydroxyl groups excluding tert-OH is 1. The van der Waals surface area contributed by atoms with E-state index in [0.717, 1.165) is 59.6 Å². The zero-order chi connectivity index (χ0) is 26.9. The maximum Gasteiger partial charge on any atom is 0.248 e. The second-order valence-corrected chi connectivity index (χ2v) is 10.1. The highest BCUT2D eigenvalue weighted by Crippen LogP contribution is 2.35. The fourth-order valence-corrected chi connectivity index (χ4v) is 5.42. The van der Waals surface area contributed by atoms with E-state index in [1.807, 2.05) is 18.2 Å². The van der Waals surface area contributed by atoms with E-state index < -0.39 is 6.61 Å². The average molecular weight is 531 g/mol. The highest BCUT2D eigenvalue weighted by Gasteiger charge is 2.23. The number of carbonyl (C=O) groups is 1. The third kappa shape index (κ3) is 4.98. The molecule has 2 aliphatic heterocycles. The lowest BCUT2D eigenvalue weighted by molar-refractivity contribution is -0.135. The minimum Gasteiger partial charge on any atom is -0.387 e. The molecule has 4 aromatic rings. The Hall–Kier alpha value is -3.86. The normalized spacial score (nSPS) is 16.7. The van der Waals surface area contributed by atoms with Crippen molar-refractivity contribution in [2.24, 2.45) is 0 Å². The van der Waals surface area contributed by atoms with E-state index in [9.17, 15) is 9.90 Å². The summed E-state index contributed by atoms with van der Waals surface area (Å²) in [5.41, 5.74) is 5.93. The number of amides is 1. The summed E-state index contributed by atoms with van der Waals surface area (Å²) in [4.78, 5) is 23.6. The molecule has 1 fully saturated rings. The summed E-state index contributed by atoms with van der Waals surface area (Å²) in [5, 5.41) is 18.2. The molecule has 39 heavy (non-hydrogen) atoms. The Balaban J connectivity index is 1.51. The van der Waals surface area contributed by atoms with E-state index in [0.29, 0.717) is 23.4 Å². The van der Waals surface area contributed by atoms with Crippen molar-refractivity contribution in [3.8, 4) is 22.5 Å². The molecule has 1 saturated heterocycles. The Bertz CT molecular complexity index is 1510. The molecule has 6 rings (SSSR count). The number of benzene rings is 2. The monoisotopic (exact) mass is 530 g/mol. The summed E-state index contributed by atoms with van der Waals surface area (Å²) in [6.07, 6.45) is 1.68. The third-order valence-electron chi connectivity index (χ3n) is 7.61. The van der Waals surface area contributed by atoms with Gasteiger partial charge in [-0.3, -0.25) is 14.9 Å². The van der Waals surface area contributed by atoms with Crippen molar-refractivity contribution in [2.45, 2.75) is 13.2 Å². The van der Waals surface area contributed by atoms with Crippen LogP contribution in [0.15, 0.2) is 48.7 Å². The van der Waals surface area contributed by atoms with Crippen LogP contribution in [-0.2, 0) is 22.7 Å². The molecule has 0 atom stereocenters. The van der Waals surface area contributed by atoms with Crippen molar-refractivity contribution in [3.05, 3.63) is 65.6 Å². The SMILES string of the molecule is CN1CCN(c2ccc3cc2CN(C(=O)CO)CCOCc2cccc(F)c2-c2cc4c-3n[nH]c4cn2)CC1. The van der Waals surface area contributed by atoms with Crippen LogP contribution in [0.3, 0.4) is 0 Å². The van der Waals surface area contributed by atoms with Crippen molar-refractivity contribution in [3.63, 3.8) is 0 Å². The quantitative estimate of drug-likeness (QED) is 0.411. The number of hydrogen-bond donors (Lipinski definition) is 2. The first kappa shape index (κ1) is 25.4. The van der Waals surface area contributed by atoms with Crippen LogP contribution in [0.1, 0.15) is 11.1 Å². The molecule has 0 spiro atoms. The summed E-state index contributed by atoms with van der Waals surface area (Å²) >= 11 is 0. The third-order valence-corrected chi connectivity index (χ3v) is 7.61. The molecule has 9 nitrogen and oxygen atoms in total. The van der Waals surface area contributed by atoms with Crippen LogP contribution in [0.25, 0.3) is 33.4 Å². The number of fused-ring (bicyclic) bond motifs is 6. The predicted octanol–water partition coefficient (Wildman–Crippen LogP) is 3.03. The minimum atomic E-state index is -0.588. The van der Waals surface area contributed by atoms with E-state index in [1.165, 1.54) is 6.07 Å². The Morgan fingerprint density at radius 1 is 1.10 bits per heavy atom. The van der Waals surface area contributed by atoms with Crippen molar-refractivity contribution < 1.29 is 19.0 Å². The highest BCUT2D eigenvalue weighted by molar-refractivity contribution is 5.95. The number of halogens is 1. The number of ether oxygens (including phenoxy) is 1. The van der Waals surface area contributed by atoms with Gasteiger partial charge in [0.2, 0.25) is 5.91 Å². The number of carbonyl (C=O) groups excluding carboxylic acids is 1. The molecule has 0 unspecified atom stereocenters. The molecule has 1 amide bonds. The molecule has 0 aliphatic carbocycles. The van der Waals surface area contributed by atoms with Crippen molar-refractivity contribution >= 4 is 22.5 Å². The fraction of sp³-hybridized carbons (Fsp3) is 0.345. The molecule has 4 heterocycles. The number of nitrogens with zero attached hydrogens (tertiary/aromatic N) is 5. The van der Waals surface area contributed by atoms with Gasteiger partial charge in [-0.05, 0) is 42.4 Å². The van der Waals surface area contributed by atoms with E-state index in [-0.39, 0.29) is 31.5 Å². The zero-order valence-electron chi connectivity index (χ0n) is 21.9. The van der Waals surface area contributed by atoms with Gasteiger partial charge in [0.15, 0.2) is 0 Å². The summed E-state index contributed by atoms with van der Waals surface area (Å²) in [7, 11) is 2.12.